The van der Waals surface area contributed by atoms with Crippen molar-refractivity contribution in [2.75, 3.05) is 0 Å². The maximum atomic E-state index is 13.5. The summed E-state index contributed by atoms with van der Waals surface area (Å²) in [6.07, 6.45) is 17.6. The largest absolute Gasteiger partial charge is 0.680 e. The Morgan fingerprint density at radius 1 is 0.628 bits per heavy atom. The van der Waals surface area contributed by atoms with Crippen LogP contribution in [-0.2, 0) is 28.2 Å². The van der Waals surface area contributed by atoms with Crippen LogP contribution >= 0.6 is 27.7 Å². The quantitative estimate of drug-likeness (QED) is 0.146. The van der Waals surface area contributed by atoms with Gasteiger partial charge in [-0.25, -0.2) is 14.4 Å². The minimum absolute atomic E-state index is 0.207. The zero-order valence-corrected chi connectivity index (χ0v) is 27.5. The van der Waals surface area contributed by atoms with Crippen molar-refractivity contribution in [3.05, 3.63) is 34.9 Å². The molecule has 0 saturated heterocycles. The van der Waals surface area contributed by atoms with Gasteiger partial charge in [-0.3, -0.25) is 0 Å². The molecule has 0 aliphatic heterocycles. The van der Waals surface area contributed by atoms with E-state index in [1.165, 1.54) is 0 Å². The third-order valence-corrected chi connectivity index (χ3v) is 10.8. The highest BCUT2D eigenvalue weighted by Gasteiger charge is 2.44. The van der Waals surface area contributed by atoms with Gasteiger partial charge in [-0.15, -0.1) is 0 Å². The number of nitriles is 3. The highest BCUT2D eigenvalue weighted by atomic mass is 127. The predicted octanol–water partition coefficient (Wildman–Crippen LogP) is 7.83. The first-order valence-electron chi connectivity index (χ1n) is 15.3. The molecule has 0 aromatic heterocycles. The average Bonchev–Trinajstić information content (AvgIpc) is 3.08. The molecule has 0 N–H and O–H groups in total. The van der Waals surface area contributed by atoms with Gasteiger partial charge in [0, 0.05) is 11.1 Å². The molecule has 4 atom stereocenters. The van der Waals surface area contributed by atoms with E-state index >= 15 is 0 Å². The van der Waals surface area contributed by atoms with Crippen molar-refractivity contribution in [2.24, 2.45) is 17.8 Å². The van der Waals surface area contributed by atoms with Crippen molar-refractivity contribution in [1.82, 2.24) is 0 Å². The van der Waals surface area contributed by atoms with Gasteiger partial charge in [-0.2, -0.15) is 15.8 Å². The number of carbonyl (C=O) groups excluding carboxylic acids is 3. The van der Waals surface area contributed by atoms with E-state index in [0.717, 1.165) is 64.2 Å². The topological polar surface area (TPSA) is 150 Å². The van der Waals surface area contributed by atoms with Crippen LogP contribution < -0.4 is 0 Å². The number of hydrogen-bond donors (Lipinski definition) is 0. The van der Waals surface area contributed by atoms with Crippen LogP contribution in [0.1, 0.15) is 103 Å². The van der Waals surface area contributed by atoms with E-state index in [9.17, 15) is 30.2 Å². The molecule has 0 heterocycles. The molecule has 228 valence electrons. The second-order valence-electron chi connectivity index (χ2n) is 11.1. The molecule has 4 unspecified atom stereocenters. The van der Waals surface area contributed by atoms with Gasteiger partial charge >= 0.3 is 24.7 Å². The van der Waals surface area contributed by atoms with Gasteiger partial charge in [0.05, 0.1) is 41.5 Å². The summed E-state index contributed by atoms with van der Waals surface area (Å²) in [5, 5.41) is 29.3. The normalized spacial score (nSPS) is 27.8. The summed E-state index contributed by atoms with van der Waals surface area (Å²) in [7, 11) is 0. The SMILES string of the molecule is N#CC1CCCCC/C=C\1C(=O)OB(OC(=O)/C1=C/CCCCCCC1C#N)P(I)OC(=O)/C1=C/CCCCCC1C#N. The molecule has 0 aromatic rings. The monoisotopic (exact) mass is 717 g/mol. The smallest absolute Gasteiger partial charge is 0.489 e. The van der Waals surface area contributed by atoms with Crippen LogP contribution in [0.25, 0.3) is 0 Å². The maximum Gasteiger partial charge on any atom is 0.680 e. The van der Waals surface area contributed by atoms with Crippen molar-refractivity contribution in [3.8, 4) is 18.2 Å². The number of allylic oxidation sites excluding steroid dienone is 3. The minimum atomic E-state index is -2.06. The van der Waals surface area contributed by atoms with Gasteiger partial charge in [0.2, 0.25) is 5.67 Å². The molecular weight excluding hydrogens is 679 g/mol. The Labute approximate surface area is 269 Å². The molecule has 0 fully saturated rings. The van der Waals surface area contributed by atoms with Gasteiger partial charge in [-0.05, 0) is 79.8 Å². The third-order valence-electron chi connectivity index (χ3n) is 7.99. The Morgan fingerprint density at radius 3 is 1.37 bits per heavy atom. The van der Waals surface area contributed by atoms with E-state index in [1.807, 2.05) is 22.0 Å². The number of rotatable bonds is 7. The predicted molar refractivity (Wildman–Crippen MR) is 170 cm³/mol. The Balaban J connectivity index is 1.88. The summed E-state index contributed by atoms with van der Waals surface area (Å²) < 4.78 is 17.2. The van der Waals surface area contributed by atoms with Crippen LogP contribution in [0.15, 0.2) is 34.9 Å². The highest BCUT2D eigenvalue weighted by Crippen LogP contribution is 2.51. The van der Waals surface area contributed by atoms with E-state index in [2.05, 4.69) is 18.2 Å². The summed E-state index contributed by atoms with van der Waals surface area (Å²) in [5.74, 6) is -4.25. The summed E-state index contributed by atoms with van der Waals surface area (Å²) in [4.78, 5) is 40.3. The fourth-order valence-corrected chi connectivity index (χ4v) is 7.46. The van der Waals surface area contributed by atoms with E-state index in [-0.39, 0.29) is 16.7 Å². The fraction of sp³-hybridized carbons (Fsp3) is 0.613. The second-order valence-corrected chi connectivity index (χ2v) is 15.1. The fourth-order valence-electron chi connectivity index (χ4n) is 5.53. The van der Waals surface area contributed by atoms with Crippen molar-refractivity contribution in [2.45, 2.75) is 103 Å². The zero-order valence-electron chi connectivity index (χ0n) is 24.5. The Kier molecular flexibility index (Phi) is 15.3. The number of hydrogen-bond acceptors (Lipinski definition) is 9. The molecule has 9 nitrogen and oxygen atoms in total. The molecule has 0 spiro atoms. The zero-order chi connectivity index (χ0) is 31.0. The third kappa shape index (κ3) is 10.8. The first-order chi connectivity index (χ1) is 20.9. The Morgan fingerprint density at radius 2 is 0.977 bits per heavy atom. The van der Waals surface area contributed by atoms with E-state index in [4.69, 9.17) is 13.8 Å². The van der Waals surface area contributed by atoms with Gasteiger partial charge in [0.1, 0.15) is 0 Å². The van der Waals surface area contributed by atoms with Gasteiger partial charge in [0.15, 0.2) is 0 Å². The molecule has 0 radical (unpaired) electrons. The maximum absolute atomic E-state index is 13.5. The van der Waals surface area contributed by atoms with Crippen molar-refractivity contribution in [3.63, 3.8) is 0 Å². The lowest BCUT2D eigenvalue weighted by Gasteiger charge is -2.23. The standard InChI is InChI=1S/C31H38BIN3O6P/c33-43(42-31(39)28-19-13-7-5-10-16-25(28)22-36)32(41-30(38)27-18-12-6-4-9-15-24(27)21-35)40-29(37)26-17-11-3-1-2-8-14-23(26)20-34/h17-19,23-25H,1-16H2/b26-17+,27-18+,28-19+. The van der Waals surface area contributed by atoms with Crippen molar-refractivity contribution >= 4 is 52.5 Å². The molecule has 0 amide bonds. The molecule has 0 aromatic carbocycles. The summed E-state index contributed by atoms with van der Waals surface area (Å²) in [6, 6.07) is 6.59. The van der Waals surface area contributed by atoms with Crippen molar-refractivity contribution in [1.29, 1.82) is 15.8 Å². The molecule has 0 bridgehead atoms. The van der Waals surface area contributed by atoms with Crippen molar-refractivity contribution < 1.29 is 28.2 Å². The summed E-state index contributed by atoms with van der Waals surface area (Å²) in [6.45, 7) is -1.58. The van der Waals surface area contributed by atoms with Gasteiger partial charge < -0.3 is 13.8 Å². The lowest BCUT2D eigenvalue weighted by molar-refractivity contribution is -0.136. The number of nitrogens with zero attached hydrogens (tertiary/aromatic N) is 3. The molecule has 3 rings (SSSR count). The highest BCUT2D eigenvalue weighted by molar-refractivity contribution is 14.2. The van der Waals surface area contributed by atoms with E-state index < -0.39 is 48.2 Å². The molecule has 3 aliphatic carbocycles. The molecule has 12 heteroatoms. The van der Waals surface area contributed by atoms with Gasteiger partial charge in [0.25, 0.3) is 0 Å². The number of halogens is 1. The van der Waals surface area contributed by atoms with Crippen LogP contribution in [0.3, 0.4) is 0 Å². The number of carbonyl (C=O) groups is 3. The first-order valence-corrected chi connectivity index (χ1v) is 19.4. The van der Waals surface area contributed by atoms with E-state index in [0.29, 0.717) is 38.5 Å². The van der Waals surface area contributed by atoms with Gasteiger partial charge in [-0.1, -0.05) is 63.2 Å². The molecule has 43 heavy (non-hydrogen) atoms. The first kappa shape index (κ1) is 34.8. The lowest BCUT2D eigenvalue weighted by Crippen LogP contribution is -2.32. The van der Waals surface area contributed by atoms with Crippen LogP contribution in [0.2, 0.25) is 0 Å². The van der Waals surface area contributed by atoms with Crippen LogP contribution in [0, 0.1) is 51.7 Å². The van der Waals surface area contributed by atoms with Crippen LogP contribution in [-0.4, -0.2) is 24.7 Å². The van der Waals surface area contributed by atoms with E-state index in [1.54, 1.807) is 18.2 Å². The Bertz CT molecular complexity index is 1230. The Hall–Kier alpha value is -2.68. The lowest BCUT2D eigenvalue weighted by atomic mass is 9.90. The minimum Gasteiger partial charge on any atom is -0.489 e. The van der Waals surface area contributed by atoms with Crippen LogP contribution in [0.4, 0.5) is 0 Å². The molecule has 3 aliphatic rings. The molecule has 0 saturated carbocycles. The van der Waals surface area contributed by atoms with Crippen LogP contribution in [0.5, 0.6) is 0 Å². The second kappa shape index (κ2) is 18.9. The molecular formula is C31H38BIN3O6P. The summed E-state index contributed by atoms with van der Waals surface area (Å²) in [5.41, 5.74) is -1.38. The summed E-state index contributed by atoms with van der Waals surface area (Å²) >= 11 is 1.81. The average molecular weight is 717 g/mol.